The van der Waals surface area contributed by atoms with Crippen LogP contribution >= 0.6 is 0 Å². The predicted octanol–water partition coefficient (Wildman–Crippen LogP) is 1.22. The lowest BCUT2D eigenvalue weighted by atomic mass is 10.2. The quantitative estimate of drug-likeness (QED) is 0.501. The molecule has 2 amide bonds. The number of nitrogens with one attached hydrogen (secondary N) is 2. The molecule has 2 rings (SSSR count). The van der Waals surface area contributed by atoms with E-state index in [0.29, 0.717) is 0 Å². The number of phenols is 1. The molecule has 11 heteroatoms. The number of hydrogen-bond acceptors (Lipinski definition) is 6. The summed E-state index contributed by atoms with van der Waals surface area (Å²) in [6.07, 6.45) is 0. The number of halogens is 1. The van der Waals surface area contributed by atoms with Gasteiger partial charge in [-0.2, -0.15) is 0 Å². The second kappa shape index (κ2) is 8.48. The molecule has 0 fully saturated rings. The van der Waals surface area contributed by atoms with Gasteiger partial charge in [-0.25, -0.2) is 17.6 Å². The van der Waals surface area contributed by atoms with Crippen LogP contribution in [0.1, 0.15) is 10.4 Å². The number of rotatable bonds is 7. The van der Waals surface area contributed by atoms with E-state index in [1.807, 2.05) is 0 Å². The highest BCUT2D eigenvalue weighted by Crippen LogP contribution is 2.21. The lowest BCUT2D eigenvalue weighted by Crippen LogP contribution is -2.30. The maximum atomic E-state index is 12.8. The van der Waals surface area contributed by atoms with Crippen LogP contribution in [-0.2, 0) is 19.4 Å². The Bertz CT molecular complexity index is 1020. The summed E-state index contributed by atoms with van der Waals surface area (Å²) in [5, 5.41) is 22.8. The summed E-state index contributed by atoms with van der Waals surface area (Å²) in [7, 11) is -4.13. The Morgan fingerprint density at radius 2 is 1.39 bits per heavy atom. The molecule has 0 atom stereocenters. The summed E-state index contributed by atoms with van der Waals surface area (Å²) in [6, 6.07) is 7.84. The zero-order valence-corrected chi connectivity index (χ0v) is 15.0. The van der Waals surface area contributed by atoms with Crippen LogP contribution in [0.3, 0.4) is 0 Å². The van der Waals surface area contributed by atoms with E-state index in [9.17, 15) is 32.3 Å². The van der Waals surface area contributed by atoms with Crippen molar-refractivity contribution >= 4 is 39.0 Å². The Balaban J connectivity index is 1.96. The molecule has 2 aromatic carbocycles. The highest BCUT2D eigenvalue weighted by Gasteiger charge is 2.21. The van der Waals surface area contributed by atoms with Crippen LogP contribution in [0.25, 0.3) is 0 Å². The number of carboxylic acids is 1. The number of aromatic carboxylic acids is 1. The third kappa shape index (κ3) is 6.06. The standard InChI is InChI=1S/C17H15FN2O7S/c18-10-1-3-11(4-2-10)19-15(22)8-28(26,27)9-16(23)20-12-5-6-14(21)13(7-12)17(24)25/h1-7,21H,8-9H2,(H,19,22)(H,20,23)(H,24,25). The summed E-state index contributed by atoms with van der Waals surface area (Å²) in [4.78, 5) is 34.6. The van der Waals surface area contributed by atoms with Gasteiger partial charge < -0.3 is 20.8 Å². The smallest absolute Gasteiger partial charge is 0.339 e. The number of carbonyl (C=O) groups is 3. The van der Waals surface area contributed by atoms with Gasteiger partial charge in [0.15, 0.2) is 9.84 Å². The van der Waals surface area contributed by atoms with Crippen LogP contribution in [0.4, 0.5) is 15.8 Å². The molecule has 0 unspecified atom stereocenters. The summed E-state index contributed by atoms with van der Waals surface area (Å²) < 4.78 is 36.8. The van der Waals surface area contributed by atoms with Crippen molar-refractivity contribution in [3.05, 3.63) is 53.8 Å². The molecule has 0 heterocycles. The van der Waals surface area contributed by atoms with E-state index in [4.69, 9.17) is 5.11 Å². The highest BCUT2D eigenvalue weighted by atomic mass is 32.2. The zero-order valence-electron chi connectivity index (χ0n) is 14.2. The molecule has 0 aliphatic rings. The van der Waals surface area contributed by atoms with E-state index < -0.39 is 56.3 Å². The lowest BCUT2D eigenvalue weighted by Gasteiger charge is -2.08. The van der Waals surface area contributed by atoms with Gasteiger partial charge in [0, 0.05) is 11.4 Å². The average Bonchev–Trinajstić information content (AvgIpc) is 2.57. The van der Waals surface area contributed by atoms with Gasteiger partial charge in [-0.05, 0) is 42.5 Å². The molecule has 4 N–H and O–H groups in total. The molecular weight excluding hydrogens is 395 g/mol. The number of hydrogen-bond donors (Lipinski definition) is 4. The number of anilines is 2. The number of amides is 2. The first-order chi connectivity index (χ1) is 13.1. The molecule has 0 aliphatic carbocycles. The Hall–Kier alpha value is -3.47. The first-order valence-corrected chi connectivity index (χ1v) is 9.50. The normalized spacial score (nSPS) is 10.9. The van der Waals surface area contributed by atoms with E-state index in [1.54, 1.807) is 0 Å². The third-order valence-corrected chi connectivity index (χ3v) is 4.74. The fourth-order valence-electron chi connectivity index (χ4n) is 2.16. The zero-order chi connectivity index (χ0) is 20.9. The topological polar surface area (TPSA) is 150 Å². The van der Waals surface area contributed by atoms with Crippen LogP contribution in [0.5, 0.6) is 5.75 Å². The number of carbonyl (C=O) groups excluding carboxylic acids is 2. The molecule has 0 aromatic heterocycles. The Morgan fingerprint density at radius 1 is 0.893 bits per heavy atom. The Morgan fingerprint density at radius 3 is 1.93 bits per heavy atom. The van der Waals surface area contributed by atoms with Crippen LogP contribution in [0.15, 0.2) is 42.5 Å². The van der Waals surface area contributed by atoms with E-state index in [0.717, 1.165) is 24.3 Å². The van der Waals surface area contributed by atoms with Gasteiger partial charge >= 0.3 is 5.97 Å². The van der Waals surface area contributed by atoms with Crippen LogP contribution < -0.4 is 10.6 Å². The van der Waals surface area contributed by atoms with Crippen molar-refractivity contribution in [1.82, 2.24) is 0 Å². The molecule has 0 saturated heterocycles. The fraction of sp³-hybridized carbons (Fsp3) is 0.118. The van der Waals surface area contributed by atoms with Crippen molar-refractivity contribution in [1.29, 1.82) is 0 Å². The molecule has 9 nitrogen and oxygen atoms in total. The van der Waals surface area contributed by atoms with E-state index in [2.05, 4.69) is 10.6 Å². The molecule has 2 aromatic rings. The average molecular weight is 410 g/mol. The van der Waals surface area contributed by atoms with Gasteiger partial charge in [0.2, 0.25) is 11.8 Å². The molecular formula is C17H15FN2O7S. The predicted molar refractivity (Wildman–Crippen MR) is 97.4 cm³/mol. The minimum Gasteiger partial charge on any atom is -0.507 e. The van der Waals surface area contributed by atoms with Gasteiger partial charge in [-0.15, -0.1) is 0 Å². The first-order valence-electron chi connectivity index (χ1n) is 7.68. The molecule has 0 spiro atoms. The molecule has 0 bridgehead atoms. The lowest BCUT2D eigenvalue weighted by molar-refractivity contribution is -0.114. The summed E-state index contributed by atoms with van der Waals surface area (Å²) in [5.41, 5.74) is -0.318. The molecule has 0 radical (unpaired) electrons. The summed E-state index contributed by atoms with van der Waals surface area (Å²) >= 11 is 0. The SMILES string of the molecule is O=C(CS(=O)(=O)CC(=O)Nc1ccc(O)c(C(=O)O)c1)Nc1ccc(F)cc1. The fourth-order valence-corrected chi connectivity index (χ4v) is 3.21. The minimum absolute atomic E-state index is 0.0360. The Labute approximate surface area is 158 Å². The summed E-state index contributed by atoms with van der Waals surface area (Å²) in [5.74, 6) is -6.37. The molecule has 148 valence electrons. The van der Waals surface area contributed by atoms with E-state index in [1.165, 1.54) is 18.2 Å². The van der Waals surface area contributed by atoms with Crippen molar-refractivity contribution < 1.29 is 37.4 Å². The number of benzene rings is 2. The number of aromatic hydroxyl groups is 1. The van der Waals surface area contributed by atoms with Crippen molar-refractivity contribution in [2.75, 3.05) is 22.1 Å². The van der Waals surface area contributed by atoms with Gasteiger partial charge in [-0.1, -0.05) is 0 Å². The van der Waals surface area contributed by atoms with Crippen LogP contribution in [-0.4, -0.2) is 47.9 Å². The monoisotopic (exact) mass is 410 g/mol. The van der Waals surface area contributed by atoms with Crippen molar-refractivity contribution in [2.45, 2.75) is 0 Å². The first kappa shape index (κ1) is 20.8. The van der Waals surface area contributed by atoms with Gasteiger partial charge in [-0.3, -0.25) is 9.59 Å². The highest BCUT2D eigenvalue weighted by molar-refractivity contribution is 7.92. The van der Waals surface area contributed by atoms with E-state index >= 15 is 0 Å². The van der Waals surface area contributed by atoms with Gasteiger partial charge in [0.25, 0.3) is 0 Å². The molecule has 0 aliphatic heterocycles. The van der Waals surface area contributed by atoms with Gasteiger partial charge in [0.05, 0.1) is 0 Å². The van der Waals surface area contributed by atoms with Crippen molar-refractivity contribution in [3.8, 4) is 5.75 Å². The number of sulfone groups is 1. The van der Waals surface area contributed by atoms with Crippen LogP contribution in [0, 0.1) is 5.82 Å². The van der Waals surface area contributed by atoms with Crippen LogP contribution in [0.2, 0.25) is 0 Å². The third-order valence-electron chi connectivity index (χ3n) is 3.34. The maximum absolute atomic E-state index is 12.8. The number of carboxylic acid groups (broad SMARTS) is 1. The van der Waals surface area contributed by atoms with Crippen molar-refractivity contribution in [2.24, 2.45) is 0 Å². The van der Waals surface area contributed by atoms with Gasteiger partial charge in [0.1, 0.15) is 28.6 Å². The maximum Gasteiger partial charge on any atom is 0.339 e. The summed E-state index contributed by atoms with van der Waals surface area (Å²) in [6.45, 7) is 0. The largest absolute Gasteiger partial charge is 0.507 e. The molecule has 28 heavy (non-hydrogen) atoms. The van der Waals surface area contributed by atoms with E-state index in [-0.39, 0.29) is 11.4 Å². The second-order valence-corrected chi connectivity index (χ2v) is 7.74. The second-order valence-electron chi connectivity index (χ2n) is 5.67. The molecule has 0 saturated carbocycles. The Kier molecular flexibility index (Phi) is 6.31. The minimum atomic E-state index is -4.13. The van der Waals surface area contributed by atoms with Crippen molar-refractivity contribution in [3.63, 3.8) is 0 Å².